The van der Waals surface area contributed by atoms with E-state index in [2.05, 4.69) is 19.9 Å². The van der Waals surface area contributed by atoms with E-state index in [1.54, 1.807) is 12.1 Å². The summed E-state index contributed by atoms with van der Waals surface area (Å²) in [5.41, 5.74) is -0.232. The monoisotopic (exact) mass is 357 g/mol. The van der Waals surface area contributed by atoms with Gasteiger partial charge in [0, 0.05) is 0 Å². The first-order valence-electron chi connectivity index (χ1n) is 9.98. The Kier molecular flexibility index (Phi) is 7.97. The molecule has 0 spiro atoms. The minimum atomic E-state index is -0.232. The van der Waals surface area contributed by atoms with Gasteiger partial charge in [-0.1, -0.05) is 33.1 Å². The molecule has 4 heteroatoms. The molecule has 1 aromatic rings. The summed E-state index contributed by atoms with van der Waals surface area (Å²) < 4.78 is 11.1. The van der Waals surface area contributed by atoms with Crippen LogP contribution >= 0.6 is 0 Å². The number of hydrogen-bond acceptors (Lipinski definition) is 4. The summed E-state index contributed by atoms with van der Waals surface area (Å²) in [6.07, 6.45) is 8.45. The number of nitriles is 1. The van der Waals surface area contributed by atoms with Crippen molar-refractivity contribution < 1.29 is 14.3 Å². The second kappa shape index (κ2) is 10.2. The second-order valence-corrected chi connectivity index (χ2v) is 7.36. The molecule has 1 fully saturated rings. The highest BCUT2D eigenvalue weighted by atomic mass is 16.5. The Morgan fingerprint density at radius 2 is 1.77 bits per heavy atom. The summed E-state index contributed by atoms with van der Waals surface area (Å²) in [6, 6.07) is 9.74. The zero-order valence-electron chi connectivity index (χ0n) is 16.1. The zero-order chi connectivity index (χ0) is 18.8. The van der Waals surface area contributed by atoms with Crippen LogP contribution in [0.25, 0.3) is 0 Å². The average Bonchev–Trinajstić information content (AvgIpc) is 2.68. The fourth-order valence-corrected chi connectivity index (χ4v) is 3.56. The van der Waals surface area contributed by atoms with Crippen LogP contribution < -0.4 is 9.47 Å². The molecule has 26 heavy (non-hydrogen) atoms. The number of hydrogen-bond donors (Lipinski definition) is 0. The van der Waals surface area contributed by atoms with Crippen LogP contribution in [0, 0.1) is 22.7 Å². The van der Waals surface area contributed by atoms with Crippen molar-refractivity contribution in [3.63, 3.8) is 0 Å². The van der Waals surface area contributed by atoms with Gasteiger partial charge in [0.2, 0.25) is 0 Å². The van der Waals surface area contributed by atoms with E-state index in [-0.39, 0.29) is 17.3 Å². The molecule has 0 unspecified atom stereocenters. The van der Waals surface area contributed by atoms with Crippen molar-refractivity contribution in [1.82, 2.24) is 0 Å². The van der Waals surface area contributed by atoms with Crippen molar-refractivity contribution in [3.05, 3.63) is 24.3 Å². The molecule has 0 radical (unpaired) electrons. The van der Waals surface area contributed by atoms with Crippen LogP contribution in [-0.2, 0) is 4.79 Å². The third-order valence-electron chi connectivity index (χ3n) is 5.29. The molecule has 1 aliphatic carbocycles. The quantitative estimate of drug-likeness (QED) is 0.325. The first-order chi connectivity index (χ1) is 12.6. The van der Waals surface area contributed by atoms with Gasteiger partial charge in [-0.2, -0.15) is 5.26 Å². The number of nitrogens with zero attached hydrogens (tertiary/aromatic N) is 1. The SMILES string of the molecule is CCCCCC1(C#N)CCC(C(=O)Oc2ccc(OCCC)cc2)CC1. The summed E-state index contributed by atoms with van der Waals surface area (Å²) in [4.78, 5) is 12.4. The van der Waals surface area contributed by atoms with Crippen LogP contribution in [0.2, 0.25) is 0 Å². The lowest BCUT2D eigenvalue weighted by Gasteiger charge is -2.34. The Labute approximate surface area is 157 Å². The molecular weight excluding hydrogens is 326 g/mol. The Hall–Kier alpha value is -2.02. The van der Waals surface area contributed by atoms with E-state index >= 15 is 0 Å². The van der Waals surface area contributed by atoms with Gasteiger partial charge in [0.25, 0.3) is 0 Å². The Morgan fingerprint density at radius 1 is 1.12 bits per heavy atom. The minimum absolute atomic E-state index is 0.0985. The number of ether oxygens (including phenoxy) is 2. The molecule has 1 aliphatic rings. The van der Waals surface area contributed by atoms with Crippen LogP contribution in [0.1, 0.15) is 71.6 Å². The number of benzene rings is 1. The Balaban J connectivity index is 1.83. The molecule has 4 nitrogen and oxygen atoms in total. The van der Waals surface area contributed by atoms with E-state index < -0.39 is 0 Å². The van der Waals surface area contributed by atoms with Gasteiger partial charge in [-0.25, -0.2) is 0 Å². The molecule has 0 aromatic heterocycles. The molecule has 1 aromatic carbocycles. The van der Waals surface area contributed by atoms with Crippen molar-refractivity contribution in [1.29, 1.82) is 5.26 Å². The summed E-state index contributed by atoms with van der Waals surface area (Å²) >= 11 is 0. The topological polar surface area (TPSA) is 59.3 Å². The number of unbranched alkanes of at least 4 members (excludes halogenated alkanes) is 2. The van der Waals surface area contributed by atoms with Crippen LogP contribution in [-0.4, -0.2) is 12.6 Å². The van der Waals surface area contributed by atoms with E-state index in [4.69, 9.17) is 9.47 Å². The zero-order valence-corrected chi connectivity index (χ0v) is 16.1. The summed E-state index contributed by atoms with van der Waals surface area (Å²) in [7, 11) is 0. The summed E-state index contributed by atoms with van der Waals surface area (Å²) in [5, 5.41) is 9.61. The van der Waals surface area contributed by atoms with Crippen molar-refractivity contribution in [2.24, 2.45) is 11.3 Å². The molecule has 0 atom stereocenters. The number of carbonyl (C=O) groups excluding carboxylic acids is 1. The Morgan fingerprint density at radius 3 is 2.35 bits per heavy atom. The van der Waals surface area contributed by atoms with Crippen molar-refractivity contribution in [2.75, 3.05) is 6.61 Å². The van der Waals surface area contributed by atoms with Crippen LogP contribution in [0.3, 0.4) is 0 Å². The van der Waals surface area contributed by atoms with Crippen LogP contribution in [0.5, 0.6) is 11.5 Å². The van der Waals surface area contributed by atoms with E-state index in [9.17, 15) is 10.1 Å². The van der Waals surface area contributed by atoms with Crippen molar-refractivity contribution in [2.45, 2.75) is 71.6 Å². The van der Waals surface area contributed by atoms with Gasteiger partial charge >= 0.3 is 5.97 Å². The van der Waals surface area contributed by atoms with E-state index in [0.717, 1.165) is 50.7 Å². The normalized spacial score (nSPS) is 22.4. The van der Waals surface area contributed by atoms with E-state index in [1.807, 2.05) is 12.1 Å². The van der Waals surface area contributed by atoms with Crippen molar-refractivity contribution >= 4 is 5.97 Å². The Bertz CT molecular complexity index is 595. The molecule has 1 saturated carbocycles. The molecular formula is C22H31NO3. The van der Waals surface area contributed by atoms with Gasteiger partial charge in [0.15, 0.2) is 0 Å². The van der Waals surface area contributed by atoms with Crippen LogP contribution in [0.15, 0.2) is 24.3 Å². The standard InChI is InChI=1S/C22H31NO3/c1-3-5-6-13-22(17-23)14-11-18(12-15-22)21(24)26-20-9-7-19(8-10-20)25-16-4-2/h7-10,18H,3-6,11-16H2,1-2H3. The third-order valence-corrected chi connectivity index (χ3v) is 5.29. The highest BCUT2D eigenvalue weighted by molar-refractivity contribution is 5.75. The van der Waals surface area contributed by atoms with Gasteiger partial charge in [-0.3, -0.25) is 4.79 Å². The lowest BCUT2D eigenvalue weighted by molar-refractivity contribution is -0.140. The highest BCUT2D eigenvalue weighted by Gasteiger charge is 2.37. The number of esters is 1. The first-order valence-corrected chi connectivity index (χ1v) is 9.98. The third kappa shape index (κ3) is 5.76. The molecule has 0 amide bonds. The number of carbonyl (C=O) groups is 1. The smallest absolute Gasteiger partial charge is 0.314 e. The molecule has 2 rings (SSSR count). The predicted molar refractivity (Wildman–Crippen MR) is 102 cm³/mol. The molecule has 0 N–H and O–H groups in total. The van der Waals surface area contributed by atoms with Gasteiger partial charge in [0.1, 0.15) is 11.5 Å². The highest BCUT2D eigenvalue weighted by Crippen LogP contribution is 2.42. The fraction of sp³-hybridized carbons (Fsp3) is 0.636. The maximum absolute atomic E-state index is 12.4. The maximum Gasteiger partial charge on any atom is 0.314 e. The van der Waals surface area contributed by atoms with Gasteiger partial charge in [-0.15, -0.1) is 0 Å². The largest absolute Gasteiger partial charge is 0.494 e. The minimum Gasteiger partial charge on any atom is -0.494 e. The van der Waals surface area contributed by atoms with E-state index in [0.29, 0.717) is 12.4 Å². The predicted octanol–water partition coefficient (Wildman–Crippen LogP) is 5.66. The molecule has 0 bridgehead atoms. The van der Waals surface area contributed by atoms with E-state index in [1.165, 1.54) is 12.8 Å². The van der Waals surface area contributed by atoms with Crippen molar-refractivity contribution in [3.8, 4) is 17.6 Å². The molecule has 0 saturated heterocycles. The number of rotatable bonds is 9. The fourth-order valence-electron chi connectivity index (χ4n) is 3.56. The van der Waals surface area contributed by atoms with Gasteiger partial charge < -0.3 is 9.47 Å². The maximum atomic E-state index is 12.4. The average molecular weight is 357 g/mol. The van der Waals surface area contributed by atoms with Crippen LogP contribution in [0.4, 0.5) is 0 Å². The summed E-state index contributed by atoms with van der Waals surface area (Å²) in [6.45, 7) is 4.92. The second-order valence-electron chi connectivity index (χ2n) is 7.36. The summed E-state index contributed by atoms with van der Waals surface area (Å²) in [5.74, 6) is 1.07. The molecule has 142 valence electrons. The van der Waals surface area contributed by atoms with Gasteiger partial charge in [-0.05, 0) is 62.8 Å². The van der Waals surface area contributed by atoms with Gasteiger partial charge in [0.05, 0.1) is 24.0 Å². The first kappa shape index (κ1) is 20.3. The molecule has 0 aliphatic heterocycles. The lowest BCUT2D eigenvalue weighted by Crippen LogP contribution is -2.31. The lowest BCUT2D eigenvalue weighted by atomic mass is 9.69. The molecule has 0 heterocycles.